The Hall–Kier alpha value is -4.50. The maximum Gasteiger partial charge on any atom is 0.142 e. The lowest BCUT2D eigenvalue weighted by atomic mass is 9.77. The molecule has 6 aromatic carbocycles. The zero-order valence-electron chi connectivity index (χ0n) is 20.6. The molecule has 0 unspecified atom stereocenters. The summed E-state index contributed by atoms with van der Waals surface area (Å²) in [7, 11) is 0. The number of benzene rings is 6. The Labute approximate surface area is 221 Å². The van der Waals surface area contributed by atoms with Crippen molar-refractivity contribution in [3.63, 3.8) is 0 Å². The Morgan fingerprint density at radius 1 is 0.289 bits per heavy atom. The molecule has 0 aliphatic heterocycles. The van der Waals surface area contributed by atoms with Crippen molar-refractivity contribution in [1.82, 2.24) is 0 Å². The zero-order valence-corrected chi connectivity index (χ0v) is 20.6. The van der Waals surface area contributed by atoms with Crippen molar-refractivity contribution in [2.75, 3.05) is 0 Å². The van der Waals surface area contributed by atoms with Gasteiger partial charge in [0.05, 0.1) is 0 Å². The summed E-state index contributed by atoms with van der Waals surface area (Å²) in [4.78, 5) is 0. The van der Waals surface area contributed by atoms with E-state index in [1.54, 1.807) is 0 Å². The van der Waals surface area contributed by atoms with Crippen molar-refractivity contribution in [3.8, 4) is 22.3 Å². The molecule has 6 aromatic rings. The van der Waals surface area contributed by atoms with E-state index in [1.165, 1.54) is 0 Å². The number of fused-ring (bicyclic) bond motifs is 7. The van der Waals surface area contributed by atoms with E-state index in [0.29, 0.717) is 0 Å². The van der Waals surface area contributed by atoms with Crippen molar-refractivity contribution in [3.05, 3.63) is 167 Å². The molecule has 2 aliphatic carbocycles. The van der Waals surface area contributed by atoms with E-state index in [0.717, 1.165) is 66.4 Å². The Kier molecular flexibility index (Phi) is 4.27. The van der Waals surface area contributed by atoms with E-state index in [2.05, 4.69) is 36.4 Å². The molecule has 2 N–H and O–H groups in total. The largest absolute Gasteiger partial charge is 0.376 e. The van der Waals surface area contributed by atoms with Crippen LogP contribution in [0.3, 0.4) is 0 Å². The smallest absolute Gasteiger partial charge is 0.142 e. The van der Waals surface area contributed by atoms with Crippen LogP contribution in [0.15, 0.2) is 133 Å². The molecule has 0 radical (unpaired) electrons. The Bertz CT molecular complexity index is 1680. The van der Waals surface area contributed by atoms with Gasteiger partial charge in [0.1, 0.15) is 11.2 Å². The maximum atomic E-state index is 12.6. The molecule has 0 atom stereocenters. The highest BCUT2D eigenvalue weighted by atomic mass is 16.3. The van der Waals surface area contributed by atoms with Crippen molar-refractivity contribution in [2.45, 2.75) is 11.2 Å². The second-order valence-electron chi connectivity index (χ2n) is 10.3. The molecule has 0 bridgehead atoms. The van der Waals surface area contributed by atoms with E-state index < -0.39 is 11.2 Å². The lowest BCUT2D eigenvalue weighted by Gasteiger charge is -2.32. The topological polar surface area (TPSA) is 40.5 Å². The molecule has 0 spiro atoms. The van der Waals surface area contributed by atoms with Gasteiger partial charge in [0.2, 0.25) is 0 Å². The quantitative estimate of drug-likeness (QED) is 0.267. The first kappa shape index (κ1) is 21.6. The van der Waals surface area contributed by atoms with Gasteiger partial charge in [-0.1, -0.05) is 133 Å². The second-order valence-corrected chi connectivity index (χ2v) is 10.3. The lowest BCUT2D eigenvalue weighted by Crippen LogP contribution is -2.29. The summed E-state index contributed by atoms with van der Waals surface area (Å²) < 4.78 is 0. The number of aliphatic hydroxyl groups is 2. The van der Waals surface area contributed by atoms with Crippen LogP contribution in [-0.4, -0.2) is 10.2 Å². The van der Waals surface area contributed by atoms with Crippen molar-refractivity contribution in [1.29, 1.82) is 0 Å². The van der Waals surface area contributed by atoms with Gasteiger partial charge in [-0.05, 0) is 33.0 Å². The SMILES string of the molecule is OC1(c2ccc(C3(O)c4ccccc4-c4ccccc43)c3ccccc23)c2ccccc2-c2ccccc21. The fraction of sp³-hybridized carbons (Fsp3) is 0.0556. The second kappa shape index (κ2) is 7.52. The van der Waals surface area contributed by atoms with E-state index in [-0.39, 0.29) is 0 Å². The summed E-state index contributed by atoms with van der Waals surface area (Å²) in [5.74, 6) is 0. The van der Waals surface area contributed by atoms with Crippen LogP contribution in [0.5, 0.6) is 0 Å². The molecule has 2 heteroatoms. The monoisotopic (exact) mass is 488 g/mol. The minimum absolute atomic E-state index is 0.817. The van der Waals surface area contributed by atoms with Gasteiger partial charge in [0, 0.05) is 33.4 Å². The van der Waals surface area contributed by atoms with E-state index in [1.807, 2.05) is 97.1 Å². The number of hydrogen-bond acceptors (Lipinski definition) is 2. The van der Waals surface area contributed by atoms with Crippen molar-refractivity contribution < 1.29 is 10.2 Å². The normalized spacial score (nSPS) is 15.5. The number of hydrogen-bond donors (Lipinski definition) is 2. The van der Waals surface area contributed by atoms with Crippen LogP contribution in [0.2, 0.25) is 0 Å². The summed E-state index contributed by atoms with van der Waals surface area (Å²) in [6, 6.07) is 44.6. The van der Waals surface area contributed by atoms with Crippen LogP contribution >= 0.6 is 0 Å². The third-order valence-electron chi connectivity index (χ3n) is 8.55. The fourth-order valence-corrected chi connectivity index (χ4v) is 6.93. The molecule has 0 amide bonds. The highest BCUT2D eigenvalue weighted by molar-refractivity contribution is 5.96. The van der Waals surface area contributed by atoms with Crippen molar-refractivity contribution in [2.24, 2.45) is 0 Å². The molecule has 0 heterocycles. The zero-order chi connectivity index (χ0) is 25.5. The lowest BCUT2D eigenvalue weighted by molar-refractivity contribution is 0.129. The van der Waals surface area contributed by atoms with Crippen LogP contribution in [0.4, 0.5) is 0 Å². The minimum Gasteiger partial charge on any atom is -0.376 e. The van der Waals surface area contributed by atoms with Gasteiger partial charge in [-0.3, -0.25) is 0 Å². The molecule has 2 aliphatic rings. The molecule has 2 nitrogen and oxygen atoms in total. The van der Waals surface area contributed by atoms with Gasteiger partial charge in [0.25, 0.3) is 0 Å². The first-order valence-electron chi connectivity index (χ1n) is 13.0. The predicted molar refractivity (Wildman–Crippen MR) is 152 cm³/mol. The third-order valence-corrected chi connectivity index (χ3v) is 8.55. The summed E-state index contributed by atoms with van der Waals surface area (Å²) in [6.45, 7) is 0. The van der Waals surface area contributed by atoms with Gasteiger partial charge in [0.15, 0.2) is 0 Å². The van der Waals surface area contributed by atoms with Gasteiger partial charge in [-0.2, -0.15) is 0 Å². The molecule has 0 aromatic heterocycles. The molecule has 8 rings (SSSR count). The summed E-state index contributed by atoms with van der Waals surface area (Å²) in [6.07, 6.45) is 0. The Morgan fingerprint density at radius 3 is 0.868 bits per heavy atom. The molecule has 0 saturated carbocycles. The first-order chi connectivity index (χ1) is 18.6. The van der Waals surface area contributed by atoms with Gasteiger partial charge >= 0.3 is 0 Å². The van der Waals surface area contributed by atoms with Crippen LogP contribution < -0.4 is 0 Å². The summed E-state index contributed by atoms with van der Waals surface area (Å²) in [5.41, 5.74) is 6.76. The van der Waals surface area contributed by atoms with Crippen LogP contribution in [0, 0.1) is 0 Å². The van der Waals surface area contributed by atoms with E-state index in [4.69, 9.17) is 0 Å². The predicted octanol–water partition coefficient (Wildman–Crippen LogP) is 7.37. The van der Waals surface area contributed by atoms with Crippen LogP contribution in [-0.2, 0) is 11.2 Å². The van der Waals surface area contributed by atoms with Gasteiger partial charge < -0.3 is 10.2 Å². The first-order valence-corrected chi connectivity index (χ1v) is 13.0. The van der Waals surface area contributed by atoms with Crippen molar-refractivity contribution >= 4 is 10.8 Å². The van der Waals surface area contributed by atoms with Crippen LogP contribution in [0.25, 0.3) is 33.0 Å². The molecule has 180 valence electrons. The molecular formula is C36H24O2. The average Bonchev–Trinajstić information content (AvgIpc) is 3.40. The molecule has 0 fully saturated rings. The molecule has 0 saturated heterocycles. The van der Waals surface area contributed by atoms with Gasteiger partial charge in [-0.15, -0.1) is 0 Å². The highest BCUT2D eigenvalue weighted by Crippen LogP contribution is 2.55. The summed E-state index contributed by atoms with van der Waals surface area (Å²) >= 11 is 0. The van der Waals surface area contributed by atoms with E-state index >= 15 is 0 Å². The third kappa shape index (κ3) is 2.54. The van der Waals surface area contributed by atoms with E-state index in [9.17, 15) is 10.2 Å². The molecular weight excluding hydrogens is 464 g/mol. The standard InChI is InChI=1S/C36H24O2/c37-35(29-17-7-3-13-23(29)24-14-4-8-18-30(24)35)33-21-22-34(28-12-2-1-11-27(28)33)36(38)31-19-9-5-15-25(31)26-16-6-10-20-32(26)36/h1-22,37-38H. The minimum atomic E-state index is -1.31. The highest BCUT2D eigenvalue weighted by Gasteiger charge is 2.46. The van der Waals surface area contributed by atoms with Gasteiger partial charge in [-0.25, -0.2) is 0 Å². The maximum absolute atomic E-state index is 12.6. The Morgan fingerprint density at radius 2 is 0.553 bits per heavy atom. The average molecular weight is 489 g/mol. The molecule has 38 heavy (non-hydrogen) atoms. The fourth-order valence-electron chi connectivity index (χ4n) is 6.93. The van der Waals surface area contributed by atoms with Crippen LogP contribution in [0.1, 0.15) is 33.4 Å². The summed E-state index contributed by atoms with van der Waals surface area (Å²) in [5, 5.41) is 27.1. The Balaban J connectivity index is 1.44. The number of rotatable bonds is 2.